The van der Waals surface area contributed by atoms with Gasteiger partial charge in [-0.3, -0.25) is 4.79 Å². The van der Waals surface area contributed by atoms with Crippen LogP contribution in [0, 0.1) is 0 Å². The van der Waals surface area contributed by atoms with E-state index in [1.165, 1.54) is 27.4 Å². The molecular weight excluding hydrogens is 380 g/mol. The van der Waals surface area contributed by atoms with Crippen molar-refractivity contribution in [2.45, 2.75) is 13.0 Å². The van der Waals surface area contributed by atoms with E-state index in [1.54, 1.807) is 42.5 Å². The Morgan fingerprint density at radius 3 is 2.41 bits per heavy atom. The van der Waals surface area contributed by atoms with Gasteiger partial charge >= 0.3 is 5.97 Å². The fourth-order valence-corrected chi connectivity index (χ4v) is 2.20. The molecule has 0 bridgehead atoms. The van der Waals surface area contributed by atoms with Gasteiger partial charge in [-0.25, -0.2) is 10.2 Å². The average Bonchev–Trinajstić information content (AvgIpc) is 2.73. The van der Waals surface area contributed by atoms with E-state index in [2.05, 4.69) is 10.5 Å². The number of methoxy groups -OCH3 is 2. The summed E-state index contributed by atoms with van der Waals surface area (Å²) in [5.74, 6) is 0.0623. The van der Waals surface area contributed by atoms with E-state index >= 15 is 0 Å². The predicted molar refractivity (Wildman–Crippen MR) is 105 cm³/mol. The van der Waals surface area contributed by atoms with Crippen LogP contribution in [0.5, 0.6) is 23.0 Å². The Hall–Kier alpha value is -3.75. The van der Waals surface area contributed by atoms with E-state index in [0.717, 1.165) is 0 Å². The first kappa shape index (κ1) is 21.5. The van der Waals surface area contributed by atoms with Crippen molar-refractivity contribution in [1.29, 1.82) is 0 Å². The van der Waals surface area contributed by atoms with Gasteiger partial charge in [0, 0.05) is 0 Å². The van der Waals surface area contributed by atoms with Crippen molar-refractivity contribution in [2.75, 3.05) is 20.8 Å². The number of benzene rings is 2. The van der Waals surface area contributed by atoms with E-state index < -0.39 is 18.0 Å². The summed E-state index contributed by atoms with van der Waals surface area (Å²) in [7, 11) is 2.95. The number of aliphatic carboxylic acids is 1. The molecule has 0 fully saturated rings. The topological polar surface area (TPSA) is 116 Å². The number of carbonyl (C=O) groups excluding carboxylic acids is 1. The van der Waals surface area contributed by atoms with E-state index in [1.807, 2.05) is 0 Å². The molecule has 0 aliphatic carbocycles. The number of carboxylic acid groups (broad SMARTS) is 1. The molecule has 0 spiro atoms. The zero-order valence-electron chi connectivity index (χ0n) is 16.2. The molecule has 1 atom stereocenters. The summed E-state index contributed by atoms with van der Waals surface area (Å²) in [6, 6.07) is 11.8. The van der Waals surface area contributed by atoms with Gasteiger partial charge in [-0.05, 0) is 42.8 Å². The van der Waals surface area contributed by atoms with Gasteiger partial charge in [-0.2, -0.15) is 5.10 Å². The van der Waals surface area contributed by atoms with Crippen molar-refractivity contribution < 1.29 is 33.6 Å². The van der Waals surface area contributed by atoms with Gasteiger partial charge in [-0.1, -0.05) is 12.1 Å². The Balaban J connectivity index is 1.92. The van der Waals surface area contributed by atoms with Gasteiger partial charge in [0.15, 0.2) is 35.7 Å². The van der Waals surface area contributed by atoms with Crippen molar-refractivity contribution in [3.05, 3.63) is 48.0 Å². The number of carbonyl (C=O) groups is 2. The fraction of sp³-hybridized carbons (Fsp3) is 0.250. The third-order valence-electron chi connectivity index (χ3n) is 3.67. The third-order valence-corrected chi connectivity index (χ3v) is 3.67. The second kappa shape index (κ2) is 10.5. The second-order valence-electron chi connectivity index (χ2n) is 5.74. The molecule has 29 heavy (non-hydrogen) atoms. The summed E-state index contributed by atoms with van der Waals surface area (Å²) in [5, 5.41) is 12.8. The lowest BCUT2D eigenvalue weighted by Crippen LogP contribution is -2.24. The van der Waals surface area contributed by atoms with Crippen LogP contribution in [0.4, 0.5) is 0 Å². The Kier molecular flexibility index (Phi) is 7.84. The van der Waals surface area contributed by atoms with Gasteiger partial charge in [0.2, 0.25) is 0 Å². The molecule has 0 saturated heterocycles. The zero-order valence-corrected chi connectivity index (χ0v) is 16.2. The number of rotatable bonds is 10. The number of carboxylic acids is 1. The largest absolute Gasteiger partial charge is 0.493 e. The lowest BCUT2D eigenvalue weighted by atomic mass is 10.2. The van der Waals surface area contributed by atoms with E-state index in [-0.39, 0.29) is 12.4 Å². The van der Waals surface area contributed by atoms with Crippen molar-refractivity contribution in [3.63, 3.8) is 0 Å². The summed E-state index contributed by atoms with van der Waals surface area (Å²) < 4.78 is 21.1. The van der Waals surface area contributed by atoms with Gasteiger partial charge < -0.3 is 24.1 Å². The number of nitrogens with one attached hydrogen (secondary N) is 1. The van der Waals surface area contributed by atoms with Crippen molar-refractivity contribution in [3.8, 4) is 23.0 Å². The number of hydrogen-bond acceptors (Lipinski definition) is 7. The summed E-state index contributed by atoms with van der Waals surface area (Å²) >= 11 is 0. The first-order valence-electron chi connectivity index (χ1n) is 8.59. The molecule has 1 amide bonds. The SMILES string of the molecule is COc1ccccc1OCC(=O)N/N=C/c1ccc(O[C@@H](C)C(=O)O)c(OC)c1. The van der Waals surface area contributed by atoms with E-state index in [9.17, 15) is 9.59 Å². The lowest BCUT2D eigenvalue weighted by molar-refractivity contribution is -0.144. The zero-order chi connectivity index (χ0) is 21.2. The maximum atomic E-state index is 11.9. The van der Waals surface area contributed by atoms with Crippen molar-refractivity contribution in [2.24, 2.45) is 5.10 Å². The van der Waals surface area contributed by atoms with E-state index in [4.69, 9.17) is 24.1 Å². The Morgan fingerprint density at radius 1 is 1.07 bits per heavy atom. The number of ether oxygens (including phenoxy) is 4. The highest BCUT2D eigenvalue weighted by Gasteiger charge is 2.15. The van der Waals surface area contributed by atoms with Crippen LogP contribution in [0.1, 0.15) is 12.5 Å². The minimum Gasteiger partial charge on any atom is -0.493 e. The Bertz CT molecular complexity index is 883. The molecule has 9 heteroatoms. The van der Waals surface area contributed by atoms with Crippen LogP contribution in [-0.4, -0.2) is 50.1 Å². The maximum Gasteiger partial charge on any atom is 0.344 e. The summed E-state index contributed by atoms with van der Waals surface area (Å²) in [4.78, 5) is 22.8. The minimum atomic E-state index is -1.09. The van der Waals surface area contributed by atoms with Gasteiger partial charge in [0.25, 0.3) is 5.91 Å². The van der Waals surface area contributed by atoms with Crippen LogP contribution < -0.4 is 24.4 Å². The van der Waals surface area contributed by atoms with Crippen LogP contribution in [0.15, 0.2) is 47.6 Å². The Labute approximate surface area is 167 Å². The predicted octanol–water partition coefficient (Wildman–Crippen LogP) is 2.08. The summed E-state index contributed by atoms with van der Waals surface area (Å²) in [6.45, 7) is 1.18. The lowest BCUT2D eigenvalue weighted by Gasteiger charge is -2.14. The van der Waals surface area contributed by atoms with Crippen molar-refractivity contribution >= 4 is 18.1 Å². The first-order chi connectivity index (χ1) is 13.9. The number of hydrazone groups is 1. The molecule has 154 valence electrons. The standard InChI is InChI=1S/C20H22N2O7/c1-13(20(24)25)29-17-9-8-14(10-18(17)27-3)11-21-22-19(23)12-28-16-7-5-4-6-15(16)26-2/h4-11,13H,12H2,1-3H3,(H,22,23)(H,24,25)/b21-11+/t13-/m0/s1. The van der Waals surface area contributed by atoms with Crippen LogP contribution in [0.25, 0.3) is 0 Å². The molecule has 2 aromatic rings. The summed E-state index contributed by atoms with van der Waals surface area (Å²) in [6.07, 6.45) is 0.388. The molecule has 0 aliphatic rings. The maximum absolute atomic E-state index is 11.9. The number of hydrogen-bond donors (Lipinski definition) is 2. The number of para-hydroxylation sites is 2. The molecule has 0 aliphatic heterocycles. The normalized spacial score (nSPS) is 11.6. The monoisotopic (exact) mass is 402 g/mol. The highest BCUT2D eigenvalue weighted by molar-refractivity contribution is 5.83. The molecule has 2 N–H and O–H groups in total. The van der Waals surface area contributed by atoms with Gasteiger partial charge in [0.1, 0.15) is 0 Å². The number of nitrogens with zero attached hydrogens (tertiary/aromatic N) is 1. The van der Waals surface area contributed by atoms with Gasteiger partial charge in [0.05, 0.1) is 20.4 Å². The molecule has 0 radical (unpaired) electrons. The highest BCUT2D eigenvalue weighted by atomic mass is 16.5. The van der Waals surface area contributed by atoms with E-state index in [0.29, 0.717) is 22.8 Å². The fourth-order valence-electron chi connectivity index (χ4n) is 2.20. The van der Waals surface area contributed by atoms with Gasteiger partial charge in [-0.15, -0.1) is 0 Å². The first-order valence-corrected chi connectivity index (χ1v) is 8.59. The molecular formula is C20H22N2O7. The highest BCUT2D eigenvalue weighted by Crippen LogP contribution is 2.28. The molecule has 0 saturated carbocycles. The van der Waals surface area contributed by atoms with Crippen molar-refractivity contribution in [1.82, 2.24) is 5.43 Å². The molecule has 2 rings (SSSR count). The second-order valence-corrected chi connectivity index (χ2v) is 5.74. The smallest absolute Gasteiger partial charge is 0.344 e. The van der Waals surface area contributed by atoms with Crippen LogP contribution in [0.3, 0.4) is 0 Å². The quantitative estimate of drug-likeness (QED) is 0.462. The Morgan fingerprint density at radius 2 is 1.76 bits per heavy atom. The van der Waals surface area contributed by atoms with Crippen LogP contribution in [0.2, 0.25) is 0 Å². The molecule has 0 heterocycles. The molecule has 2 aromatic carbocycles. The average molecular weight is 402 g/mol. The summed E-state index contributed by atoms with van der Waals surface area (Å²) in [5.41, 5.74) is 2.97. The van der Waals surface area contributed by atoms with Crippen LogP contribution >= 0.6 is 0 Å². The minimum absolute atomic E-state index is 0.235. The molecule has 0 unspecified atom stereocenters. The molecule has 9 nitrogen and oxygen atoms in total. The molecule has 0 aromatic heterocycles. The third kappa shape index (κ3) is 6.42. The van der Waals surface area contributed by atoms with Crippen LogP contribution in [-0.2, 0) is 9.59 Å². The number of amides is 1.